The lowest BCUT2D eigenvalue weighted by molar-refractivity contribution is -0.346. The molecule has 0 aromatic heterocycles. The molecule has 26 heteroatoms. The molecular weight excluding hydrogens is 1240 g/mol. The molecule has 94 heavy (non-hydrogen) atoms. The zero-order valence-corrected chi connectivity index (χ0v) is 54.3. The number of benzene rings is 4. The first-order valence-corrected chi connectivity index (χ1v) is 31.0. The van der Waals surface area contributed by atoms with Crippen LogP contribution in [0.5, 0.6) is 0 Å². The number of Topliss-reactive ketones (excluding diaryl/α,β-unsaturated/α-hetero) is 1. The third-order valence-corrected chi connectivity index (χ3v) is 18.3. The molecule has 14 atom stereocenters. The highest BCUT2D eigenvalue weighted by atomic mass is 35.5. The first-order valence-electron chi connectivity index (χ1n) is 31.0. The fraction of sp³-hybridized carbons (Fsp3) is 0.471. The molecule has 11 N–H and O–H groups in total. The number of alkyl carbamates (subject to hydrolysis) is 1. The summed E-state index contributed by atoms with van der Waals surface area (Å²) in [6, 6.07) is 27.7. The number of ether oxygens (including phenoxy) is 6. The van der Waals surface area contributed by atoms with Gasteiger partial charge in [-0.05, 0) is 93.1 Å². The van der Waals surface area contributed by atoms with Crippen LogP contribution in [0.15, 0.2) is 132 Å². The van der Waals surface area contributed by atoms with Crippen LogP contribution in [0, 0.1) is 16.7 Å². The quantitative estimate of drug-likeness (QED) is 0.0198. The molecule has 4 aromatic carbocycles. The van der Waals surface area contributed by atoms with Crippen molar-refractivity contribution >= 4 is 71.8 Å². The Morgan fingerprint density at radius 3 is 1.88 bits per heavy atom. The summed E-state index contributed by atoms with van der Waals surface area (Å²) in [7, 11) is 0. The molecule has 2 bridgehead atoms. The van der Waals surface area contributed by atoms with Crippen molar-refractivity contribution in [1.82, 2.24) is 26.6 Å². The molecule has 4 aliphatic rings. The van der Waals surface area contributed by atoms with Crippen molar-refractivity contribution in [2.75, 3.05) is 26.2 Å². The second-order valence-electron chi connectivity index (χ2n) is 24.8. The first-order chi connectivity index (χ1) is 44.2. The third-order valence-electron chi connectivity index (χ3n) is 18.3. The van der Waals surface area contributed by atoms with E-state index < -0.39 is 161 Å². The van der Waals surface area contributed by atoms with Gasteiger partial charge in [-0.3, -0.25) is 33.6 Å². The van der Waals surface area contributed by atoms with Crippen LogP contribution in [0.2, 0.25) is 0 Å². The van der Waals surface area contributed by atoms with Crippen molar-refractivity contribution < 1.29 is 86.6 Å². The van der Waals surface area contributed by atoms with Crippen LogP contribution in [0.25, 0.3) is 0 Å². The summed E-state index contributed by atoms with van der Waals surface area (Å²) in [4.78, 5) is 142. The molecule has 1 saturated heterocycles. The Morgan fingerprint density at radius 1 is 0.723 bits per heavy atom. The van der Waals surface area contributed by atoms with Crippen molar-refractivity contribution in [2.24, 2.45) is 28.2 Å². The second-order valence-corrected chi connectivity index (χ2v) is 24.8. The molecule has 0 unspecified atom stereocenters. The summed E-state index contributed by atoms with van der Waals surface area (Å²) in [5, 5.41) is 39.9. The molecule has 3 aliphatic carbocycles. The van der Waals surface area contributed by atoms with Gasteiger partial charge in [0.25, 0.3) is 5.91 Å². The summed E-state index contributed by atoms with van der Waals surface area (Å²) < 4.78 is 37.0. The van der Waals surface area contributed by atoms with Crippen LogP contribution in [0.3, 0.4) is 0 Å². The normalized spacial score (nSPS) is 25.6. The predicted molar refractivity (Wildman–Crippen MR) is 341 cm³/mol. The van der Waals surface area contributed by atoms with Gasteiger partial charge in [-0.15, -0.1) is 12.4 Å². The van der Waals surface area contributed by atoms with Gasteiger partial charge in [-0.2, -0.15) is 0 Å². The Morgan fingerprint density at radius 2 is 1.31 bits per heavy atom. The fourth-order valence-electron chi connectivity index (χ4n) is 13.3. The Balaban J connectivity index is 0.0000125. The number of esters is 4. The molecule has 1 aliphatic heterocycles. The van der Waals surface area contributed by atoms with E-state index in [0.717, 1.165) is 19.4 Å². The SMILES string of the molecule is CC(=O)O[C@H]1C(=O)[C@@]2(C)[C@H]([C@H](OC(=O)c3ccccc3)[C@]3(O)C[C@H](OC(=O)[C@H](OC(=O)NCCNC(=O)[C@H](CCCCN)NC(=O)[C@H](Cc4ccccc4)NC(=O)[C@@H](C)N)[C@@H](NC(=O)c4ccccc4)c4ccccc4)C(C)=C1C3(C)C)[C@]1(OC(C)=O)CO[C@@H]1C[C@@H]2O.Cl. The molecule has 1 heterocycles. The van der Waals surface area contributed by atoms with Gasteiger partial charge >= 0.3 is 30.0 Å². The average Bonchev–Trinajstić information content (AvgIpc) is 0.670. The van der Waals surface area contributed by atoms with E-state index in [2.05, 4.69) is 26.6 Å². The molecule has 8 rings (SSSR count). The monoisotopic (exact) mass is 1320 g/mol. The highest BCUT2D eigenvalue weighted by molar-refractivity contribution is 5.97. The van der Waals surface area contributed by atoms with Crippen molar-refractivity contribution in [2.45, 2.75) is 159 Å². The topological polar surface area (TPSA) is 379 Å². The summed E-state index contributed by atoms with van der Waals surface area (Å²) in [6.45, 7) is 8.80. The molecule has 0 radical (unpaired) electrons. The minimum absolute atomic E-state index is 0. The maximum Gasteiger partial charge on any atom is 0.408 e. The lowest BCUT2D eigenvalue weighted by atomic mass is 9.44. The van der Waals surface area contributed by atoms with E-state index in [0.29, 0.717) is 19.4 Å². The zero-order valence-electron chi connectivity index (χ0n) is 53.5. The molecule has 0 spiro atoms. The fourth-order valence-corrected chi connectivity index (χ4v) is 13.3. The van der Waals surface area contributed by atoms with Crippen LogP contribution >= 0.6 is 12.4 Å². The minimum atomic E-state index is -2.56. The number of rotatable bonds is 25. The Kier molecular flexibility index (Phi) is 24.1. The summed E-state index contributed by atoms with van der Waals surface area (Å²) in [6.07, 6.45) is -11.6. The van der Waals surface area contributed by atoms with Crippen LogP contribution < -0.4 is 38.1 Å². The van der Waals surface area contributed by atoms with Crippen LogP contribution in [0.4, 0.5) is 4.79 Å². The number of carbonyl (C=O) groups excluding carboxylic acids is 10. The van der Waals surface area contributed by atoms with Crippen LogP contribution in [-0.4, -0.2) is 162 Å². The van der Waals surface area contributed by atoms with E-state index >= 15 is 9.59 Å². The van der Waals surface area contributed by atoms with Gasteiger partial charge in [-0.1, -0.05) is 111 Å². The highest BCUT2D eigenvalue weighted by Gasteiger charge is 2.78. The summed E-state index contributed by atoms with van der Waals surface area (Å²) in [5.74, 6) is -9.38. The van der Waals surface area contributed by atoms with Gasteiger partial charge in [0.15, 0.2) is 17.5 Å². The number of amides is 5. The van der Waals surface area contributed by atoms with Gasteiger partial charge in [0.2, 0.25) is 23.8 Å². The largest absolute Gasteiger partial charge is 0.455 e. The second kappa shape index (κ2) is 31.1. The lowest BCUT2D eigenvalue weighted by Gasteiger charge is -2.67. The van der Waals surface area contributed by atoms with Gasteiger partial charge < -0.3 is 76.7 Å². The number of carbonyl (C=O) groups is 10. The van der Waals surface area contributed by atoms with Crippen LogP contribution in [0.1, 0.15) is 118 Å². The Hall–Kier alpha value is -8.59. The zero-order chi connectivity index (χ0) is 67.6. The van der Waals surface area contributed by atoms with Crippen molar-refractivity contribution in [3.8, 4) is 0 Å². The molecular formula is C68H84ClN7O18. The van der Waals surface area contributed by atoms with E-state index in [1.54, 1.807) is 97.1 Å². The van der Waals surface area contributed by atoms with Crippen molar-refractivity contribution in [3.05, 3.63) is 155 Å². The van der Waals surface area contributed by atoms with Crippen LogP contribution in [-0.2, 0) is 68.4 Å². The maximum atomic E-state index is 15.9. The highest BCUT2D eigenvalue weighted by Crippen LogP contribution is 2.64. The van der Waals surface area contributed by atoms with Gasteiger partial charge in [-0.25, -0.2) is 14.4 Å². The smallest absolute Gasteiger partial charge is 0.408 e. The number of hydrogen-bond acceptors (Lipinski definition) is 20. The first kappa shape index (κ1) is 72.8. The number of ketones is 1. The van der Waals surface area contributed by atoms with E-state index in [-0.39, 0.29) is 72.6 Å². The number of nitrogens with two attached hydrogens (primary N) is 2. The minimum Gasteiger partial charge on any atom is -0.455 e. The van der Waals surface area contributed by atoms with Crippen molar-refractivity contribution in [3.63, 3.8) is 0 Å². The molecule has 2 saturated carbocycles. The third kappa shape index (κ3) is 15.6. The Bertz CT molecular complexity index is 3440. The molecule has 506 valence electrons. The lowest BCUT2D eigenvalue weighted by Crippen LogP contribution is -2.82. The van der Waals surface area contributed by atoms with E-state index in [9.17, 15) is 48.6 Å². The van der Waals surface area contributed by atoms with Gasteiger partial charge in [0.05, 0.1) is 35.6 Å². The molecule has 3 fully saturated rings. The number of nitrogens with one attached hydrogen (secondary N) is 5. The number of unbranched alkanes of at least 4 members (excludes halogenated alkanes) is 1. The summed E-state index contributed by atoms with van der Waals surface area (Å²) >= 11 is 0. The number of hydrogen-bond donors (Lipinski definition) is 9. The maximum absolute atomic E-state index is 15.9. The number of fused-ring (bicyclic) bond motifs is 5. The van der Waals surface area contributed by atoms with E-state index in [1.165, 1.54) is 58.9 Å². The standard InChI is InChI=1S/C68H83N7O18.ClH/c1-38-48(36-68(87)57(92-62(84)45-28-18-11-19-29-45)55-66(7,49(78)35-50-67(55,37-88-50)93-41(4)77)56(79)53(89-40(3)76)51(38)65(68,5)6)90-63(85)54(52(43-24-14-9-15-25-43)75-59(81)44-26-16-10-17-27-44)91-64(86)72-33-32-71-60(82)46(30-20-21-31-69)73-61(83)47(74-58(80)39(2)70)34-42-22-12-8-13-23-42;/h8-19,22-29,39,46-50,52-55,57,78,87H,20-21,30-37,69-70H2,1-7H3,(H,71,82)(H,72,86)(H,73,83)(H,74,80)(H,75,81);1H/t39-,46+,47+,48+,49+,50-,52+,53-,54-,55+,57+,66-,67+,68-;/m1./s1. The Labute approximate surface area is 550 Å². The number of aliphatic hydroxyl groups excluding tert-OH is 1. The molecule has 4 aromatic rings. The number of halogens is 1. The molecule has 25 nitrogen and oxygen atoms in total. The average molecular weight is 1320 g/mol. The molecule has 5 amide bonds. The van der Waals surface area contributed by atoms with Crippen molar-refractivity contribution in [1.29, 1.82) is 0 Å². The summed E-state index contributed by atoms with van der Waals surface area (Å²) in [5.41, 5.74) is 4.25. The van der Waals surface area contributed by atoms with E-state index in [1.807, 2.05) is 0 Å². The van der Waals surface area contributed by atoms with Gasteiger partial charge in [0, 0.05) is 57.2 Å². The van der Waals surface area contributed by atoms with E-state index in [4.69, 9.17) is 39.9 Å². The van der Waals surface area contributed by atoms with Gasteiger partial charge in [0.1, 0.15) is 42.0 Å². The number of aliphatic hydroxyl groups is 2. The predicted octanol–water partition coefficient (Wildman–Crippen LogP) is 3.70.